The number of halogens is 1. The average Bonchev–Trinajstić information content (AvgIpc) is 3.26. The zero-order chi connectivity index (χ0) is 19.4. The van der Waals surface area contributed by atoms with E-state index in [2.05, 4.69) is 15.6 Å². The van der Waals surface area contributed by atoms with Crippen LogP contribution in [0.25, 0.3) is 43.7 Å². The number of aryl methyl sites for hydroxylation is 1. The Morgan fingerprint density at radius 3 is 2.54 bits per heavy atom. The Bertz CT molecular complexity index is 1360. The van der Waals surface area contributed by atoms with Crippen molar-refractivity contribution in [3.63, 3.8) is 0 Å². The molecule has 0 fully saturated rings. The van der Waals surface area contributed by atoms with Gasteiger partial charge in [-0.2, -0.15) is 0 Å². The number of phenols is 1. The van der Waals surface area contributed by atoms with Gasteiger partial charge in [-0.15, -0.1) is 0 Å². The lowest BCUT2D eigenvalue weighted by molar-refractivity contribution is 0.297. The normalized spacial score (nSPS) is 11.8. The number of phenolic OH excluding ortho intramolecular Hbond substituents is 1. The number of aromatic hydroxyl groups is 1. The van der Waals surface area contributed by atoms with Gasteiger partial charge in [-0.05, 0) is 41.8 Å². The Labute approximate surface area is 166 Å². The second kappa shape index (κ2) is 6.30. The van der Waals surface area contributed by atoms with Gasteiger partial charge in [-0.25, -0.2) is 0 Å². The summed E-state index contributed by atoms with van der Waals surface area (Å²) in [6, 6.07) is 13.8. The number of aliphatic hydroxyl groups is 1. The van der Waals surface area contributed by atoms with E-state index in [-0.39, 0.29) is 12.4 Å². The highest BCUT2D eigenvalue weighted by Gasteiger charge is 2.18. The molecule has 28 heavy (non-hydrogen) atoms. The molecule has 5 rings (SSSR count). The summed E-state index contributed by atoms with van der Waals surface area (Å²) in [7, 11) is 2.03. The second-order valence-corrected chi connectivity index (χ2v) is 7.52. The summed E-state index contributed by atoms with van der Waals surface area (Å²) in [6.07, 6.45) is 4.41. The number of H-pyrrole nitrogens is 1. The van der Waals surface area contributed by atoms with Gasteiger partial charge in [0.25, 0.3) is 0 Å². The van der Waals surface area contributed by atoms with Crippen molar-refractivity contribution in [1.29, 1.82) is 0 Å². The van der Waals surface area contributed by atoms with E-state index in [1.165, 1.54) is 0 Å². The molecule has 0 aliphatic carbocycles. The lowest BCUT2D eigenvalue weighted by Gasteiger charge is -2.08. The van der Waals surface area contributed by atoms with Crippen molar-refractivity contribution >= 4 is 44.2 Å². The first-order valence-corrected chi connectivity index (χ1v) is 9.57. The molecular weight excluding hydrogens is 372 g/mol. The molecule has 0 amide bonds. The monoisotopic (exact) mass is 390 g/mol. The van der Waals surface area contributed by atoms with Gasteiger partial charge in [-0.1, -0.05) is 29.8 Å². The highest BCUT2D eigenvalue weighted by molar-refractivity contribution is 6.34. The fourth-order valence-electron chi connectivity index (χ4n) is 4.22. The lowest BCUT2D eigenvalue weighted by Crippen LogP contribution is -1.93. The van der Waals surface area contributed by atoms with Crippen LogP contribution in [0.5, 0.6) is 5.75 Å². The van der Waals surface area contributed by atoms with Crippen molar-refractivity contribution in [3.05, 3.63) is 65.4 Å². The third-order valence-corrected chi connectivity index (χ3v) is 5.91. The van der Waals surface area contributed by atoms with Crippen LogP contribution in [0, 0.1) is 0 Å². The number of fused-ring (bicyclic) bond motifs is 5. The molecule has 0 unspecified atom stereocenters. The third kappa shape index (κ3) is 2.35. The second-order valence-electron chi connectivity index (χ2n) is 7.11. The van der Waals surface area contributed by atoms with Gasteiger partial charge < -0.3 is 19.8 Å². The maximum atomic E-state index is 10.5. The van der Waals surface area contributed by atoms with Crippen LogP contribution in [-0.4, -0.2) is 26.4 Å². The zero-order valence-electron chi connectivity index (χ0n) is 15.3. The molecule has 140 valence electrons. The number of nitrogens with one attached hydrogen (secondary N) is 1. The number of hydrogen-bond acceptors (Lipinski definition) is 2. The molecule has 5 aromatic rings. The SMILES string of the molecule is Cn1c2cc(CCO)c(O)cc2c2c3c[nH]cc3c(-c3ccccc3Cl)cc21. The largest absolute Gasteiger partial charge is 0.508 e. The number of rotatable bonds is 3. The van der Waals surface area contributed by atoms with Crippen molar-refractivity contribution in [2.24, 2.45) is 7.05 Å². The maximum Gasteiger partial charge on any atom is 0.119 e. The smallest absolute Gasteiger partial charge is 0.119 e. The van der Waals surface area contributed by atoms with E-state index in [0.29, 0.717) is 11.4 Å². The van der Waals surface area contributed by atoms with E-state index in [0.717, 1.165) is 49.3 Å². The first-order chi connectivity index (χ1) is 13.6. The van der Waals surface area contributed by atoms with Gasteiger partial charge >= 0.3 is 0 Å². The summed E-state index contributed by atoms with van der Waals surface area (Å²) in [4.78, 5) is 3.23. The Hall–Kier alpha value is -2.95. The predicted molar refractivity (Wildman–Crippen MR) is 115 cm³/mol. The minimum absolute atomic E-state index is 0.00171. The van der Waals surface area contributed by atoms with Crippen molar-refractivity contribution in [1.82, 2.24) is 9.55 Å². The fraction of sp³-hybridized carbons (Fsp3) is 0.130. The molecular formula is C23H19ClN2O2. The highest BCUT2D eigenvalue weighted by Crippen LogP contribution is 2.42. The van der Waals surface area contributed by atoms with E-state index < -0.39 is 0 Å². The predicted octanol–water partition coefficient (Wildman–Crippen LogP) is 5.37. The van der Waals surface area contributed by atoms with Crippen LogP contribution in [0.4, 0.5) is 0 Å². The van der Waals surface area contributed by atoms with Crippen LogP contribution in [0.3, 0.4) is 0 Å². The van der Waals surface area contributed by atoms with E-state index in [1.54, 1.807) is 0 Å². The van der Waals surface area contributed by atoms with Gasteiger partial charge in [0.15, 0.2) is 0 Å². The fourth-order valence-corrected chi connectivity index (χ4v) is 4.45. The summed E-state index contributed by atoms with van der Waals surface area (Å²) in [6.45, 7) is 0.00171. The van der Waals surface area contributed by atoms with Gasteiger partial charge in [-0.3, -0.25) is 0 Å². The Kier molecular flexibility index (Phi) is 3.86. The number of nitrogens with zero attached hydrogens (tertiary/aromatic N) is 1. The Morgan fingerprint density at radius 1 is 0.964 bits per heavy atom. The molecule has 0 atom stereocenters. The molecule has 4 nitrogen and oxygen atoms in total. The number of hydrogen-bond donors (Lipinski definition) is 3. The Balaban J connectivity index is 1.94. The van der Waals surface area contributed by atoms with Gasteiger partial charge in [0.2, 0.25) is 0 Å². The number of benzene rings is 3. The standard InChI is InChI=1S/C23H19ClN2O2/c1-26-20-8-13(6-7-27)22(28)10-16(20)23-18-12-25-11-17(18)15(9-21(23)26)14-4-2-3-5-19(14)24/h2-5,8-12,25,27-28H,6-7H2,1H3. The van der Waals surface area contributed by atoms with Crippen LogP contribution in [0.15, 0.2) is 54.9 Å². The van der Waals surface area contributed by atoms with E-state index >= 15 is 0 Å². The number of aliphatic hydroxyl groups excluding tert-OH is 1. The number of aromatic amines is 1. The summed E-state index contributed by atoms with van der Waals surface area (Å²) in [5.74, 6) is 0.216. The minimum atomic E-state index is 0.00171. The van der Waals surface area contributed by atoms with E-state index in [9.17, 15) is 10.2 Å². The first-order valence-electron chi connectivity index (χ1n) is 9.19. The van der Waals surface area contributed by atoms with Crippen LogP contribution in [-0.2, 0) is 13.5 Å². The zero-order valence-corrected chi connectivity index (χ0v) is 16.1. The molecule has 0 saturated carbocycles. The summed E-state index contributed by atoms with van der Waals surface area (Å²) in [5.41, 5.74) is 4.90. The van der Waals surface area contributed by atoms with Gasteiger partial charge in [0, 0.05) is 63.7 Å². The van der Waals surface area contributed by atoms with Crippen LogP contribution >= 0.6 is 11.6 Å². The molecule has 5 heteroatoms. The minimum Gasteiger partial charge on any atom is -0.508 e. The molecule has 2 aromatic heterocycles. The van der Waals surface area contributed by atoms with Crippen LogP contribution in [0.1, 0.15) is 5.56 Å². The summed E-state index contributed by atoms with van der Waals surface area (Å²) in [5, 5.41) is 24.7. The Morgan fingerprint density at radius 2 is 1.75 bits per heavy atom. The maximum absolute atomic E-state index is 10.5. The van der Waals surface area contributed by atoms with E-state index in [1.807, 2.05) is 55.8 Å². The summed E-state index contributed by atoms with van der Waals surface area (Å²) < 4.78 is 2.14. The number of aromatic nitrogens is 2. The highest BCUT2D eigenvalue weighted by atomic mass is 35.5. The topological polar surface area (TPSA) is 61.2 Å². The first kappa shape index (κ1) is 17.2. The van der Waals surface area contributed by atoms with Crippen LogP contribution < -0.4 is 0 Å². The third-order valence-electron chi connectivity index (χ3n) is 5.58. The molecule has 0 saturated heterocycles. The average molecular weight is 391 g/mol. The quantitative estimate of drug-likeness (QED) is 0.387. The van der Waals surface area contributed by atoms with Crippen molar-refractivity contribution in [2.75, 3.05) is 6.61 Å². The molecule has 0 bridgehead atoms. The molecule has 0 aliphatic rings. The van der Waals surface area contributed by atoms with Gasteiger partial charge in [0.05, 0.1) is 5.52 Å². The lowest BCUT2D eigenvalue weighted by atomic mass is 9.97. The molecule has 3 aromatic carbocycles. The van der Waals surface area contributed by atoms with Gasteiger partial charge in [0.1, 0.15) is 5.75 Å². The molecule has 0 radical (unpaired) electrons. The molecule has 0 spiro atoms. The molecule has 2 heterocycles. The molecule has 3 N–H and O–H groups in total. The van der Waals surface area contributed by atoms with E-state index in [4.69, 9.17) is 11.6 Å². The summed E-state index contributed by atoms with van der Waals surface area (Å²) >= 11 is 6.50. The van der Waals surface area contributed by atoms with Crippen molar-refractivity contribution in [3.8, 4) is 16.9 Å². The van der Waals surface area contributed by atoms with Crippen molar-refractivity contribution in [2.45, 2.75) is 6.42 Å². The molecule has 0 aliphatic heterocycles. The van der Waals surface area contributed by atoms with Crippen molar-refractivity contribution < 1.29 is 10.2 Å². The van der Waals surface area contributed by atoms with Crippen LogP contribution in [0.2, 0.25) is 5.02 Å².